The van der Waals surface area contributed by atoms with E-state index in [-0.39, 0.29) is 12.2 Å². The van der Waals surface area contributed by atoms with E-state index >= 15 is 0 Å². The Hall–Kier alpha value is -0.480. The van der Waals surface area contributed by atoms with Crippen molar-refractivity contribution in [2.24, 2.45) is 0 Å². The SMILES string of the molecule is CCOC1C(NC)CC1Oc1ccc(Cl)cc1Cl. The summed E-state index contributed by atoms with van der Waals surface area (Å²) in [6.07, 6.45) is 1.04. The van der Waals surface area contributed by atoms with Gasteiger partial charge in [0.1, 0.15) is 18.0 Å². The first-order valence-electron chi connectivity index (χ1n) is 6.06. The number of nitrogens with one attached hydrogen (secondary N) is 1. The van der Waals surface area contributed by atoms with Crippen molar-refractivity contribution < 1.29 is 9.47 Å². The highest BCUT2D eigenvalue weighted by Crippen LogP contribution is 2.33. The normalized spacial score (nSPS) is 26.8. The molecule has 0 radical (unpaired) electrons. The molecule has 100 valence electrons. The molecule has 0 spiro atoms. The molecule has 1 aromatic carbocycles. The second kappa shape index (κ2) is 6.11. The van der Waals surface area contributed by atoms with Crippen molar-refractivity contribution in [3.8, 4) is 5.75 Å². The van der Waals surface area contributed by atoms with Gasteiger partial charge in [-0.1, -0.05) is 23.2 Å². The number of rotatable bonds is 5. The van der Waals surface area contributed by atoms with E-state index in [0.717, 1.165) is 6.42 Å². The van der Waals surface area contributed by atoms with E-state index in [1.807, 2.05) is 14.0 Å². The zero-order valence-corrected chi connectivity index (χ0v) is 12.0. The van der Waals surface area contributed by atoms with Crippen LogP contribution in [0.25, 0.3) is 0 Å². The van der Waals surface area contributed by atoms with Crippen molar-refractivity contribution in [2.45, 2.75) is 31.6 Å². The highest BCUT2D eigenvalue weighted by atomic mass is 35.5. The maximum Gasteiger partial charge on any atom is 0.138 e. The van der Waals surface area contributed by atoms with Crippen molar-refractivity contribution in [3.05, 3.63) is 28.2 Å². The van der Waals surface area contributed by atoms with Gasteiger partial charge in [-0.2, -0.15) is 0 Å². The summed E-state index contributed by atoms with van der Waals surface area (Å²) in [5, 5.41) is 4.36. The van der Waals surface area contributed by atoms with Gasteiger partial charge in [0.25, 0.3) is 0 Å². The van der Waals surface area contributed by atoms with Gasteiger partial charge in [0.15, 0.2) is 0 Å². The summed E-state index contributed by atoms with van der Waals surface area (Å²) in [5.41, 5.74) is 0. The summed E-state index contributed by atoms with van der Waals surface area (Å²) in [6, 6.07) is 5.59. The lowest BCUT2D eigenvalue weighted by molar-refractivity contribution is -0.103. The zero-order valence-electron chi connectivity index (χ0n) is 10.5. The number of hydrogen-bond acceptors (Lipinski definition) is 3. The van der Waals surface area contributed by atoms with Crippen molar-refractivity contribution in [2.75, 3.05) is 13.7 Å². The van der Waals surface area contributed by atoms with Gasteiger partial charge in [-0.05, 0) is 32.2 Å². The van der Waals surface area contributed by atoms with Crippen LogP contribution in [0.1, 0.15) is 13.3 Å². The molecule has 1 aliphatic carbocycles. The smallest absolute Gasteiger partial charge is 0.138 e. The highest BCUT2D eigenvalue weighted by molar-refractivity contribution is 6.35. The van der Waals surface area contributed by atoms with Crippen LogP contribution in [-0.2, 0) is 4.74 Å². The number of likely N-dealkylation sites (N-methyl/N-ethyl adjacent to an activating group) is 1. The summed E-state index contributed by atoms with van der Waals surface area (Å²) in [7, 11) is 1.93. The minimum Gasteiger partial charge on any atom is -0.486 e. The first kappa shape index (κ1) is 13.9. The van der Waals surface area contributed by atoms with Crippen molar-refractivity contribution in [1.29, 1.82) is 0 Å². The van der Waals surface area contributed by atoms with E-state index in [4.69, 9.17) is 32.7 Å². The molecule has 0 bridgehead atoms. The van der Waals surface area contributed by atoms with Gasteiger partial charge in [0.05, 0.1) is 5.02 Å². The van der Waals surface area contributed by atoms with E-state index in [0.29, 0.717) is 28.4 Å². The van der Waals surface area contributed by atoms with Gasteiger partial charge < -0.3 is 14.8 Å². The summed E-state index contributed by atoms with van der Waals surface area (Å²) in [6.45, 7) is 2.66. The fourth-order valence-electron chi connectivity index (χ4n) is 2.13. The minimum atomic E-state index is 0.0427. The lowest BCUT2D eigenvalue weighted by Gasteiger charge is -2.43. The Morgan fingerprint density at radius 3 is 2.78 bits per heavy atom. The Bertz CT molecular complexity index is 414. The predicted molar refractivity (Wildman–Crippen MR) is 73.8 cm³/mol. The van der Waals surface area contributed by atoms with Crippen molar-refractivity contribution >= 4 is 23.2 Å². The van der Waals surface area contributed by atoms with Crippen LogP contribution in [0.5, 0.6) is 5.75 Å². The molecular formula is C13H17Cl2NO2. The molecule has 0 aromatic heterocycles. The average Bonchev–Trinajstić information content (AvgIpc) is 2.33. The molecular weight excluding hydrogens is 273 g/mol. The molecule has 18 heavy (non-hydrogen) atoms. The molecule has 0 aliphatic heterocycles. The molecule has 0 amide bonds. The largest absolute Gasteiger partial charge is 0.486 e. The van der Waals surface area contributed by atoms with E-state index < -0.39 is 0 Å². The standard InChI is InChI=1S/C13H17Cl2NO2/c1-3-17-13-10(16-2)7-12(13)18-11-5-4-8(14)6-9(11)15/h4-6,10,12-13,16H,3,7H2,1-2H3. The van der Waals surface area contributed by atoms with Crippen LogP contribution in [0.3, 0.4) is 0 Å². The number of hydrogen-bond donors (Lipinski definition) is 1. The summed E-state index contributed by atoms with van der Waals surface area (Å²) < 4.78 is 11.6. The van der Waals surface area contributed by atoms with Crippen molar-refractivity contribution in [3.63, 3.8) is 0 Å². The van der Waals surface area contributed by atoms with Crippen LogP contribution >= 0.6 is 23.2 Å². The average molecular weight is 290 g/mol. The molecule has 1 fully saturated rings. The van der Waals surface area contributed by atoms with Crippen LogP contribution < -0.4 is 10.1 Å². The fourth-order valence-corrected chi connectivity index (χ4v) is 2.58. The third-order valence-electron chi connectivity index (χ3n) is 3.15. The van der Waals surface area contributed by atoms with E-state index in [1.165, 1.54) is 0 Å². The maximum absolute atomic E-state index is 6.08. The molecule has 1 aromatic rings. The zero-order chi connectivity index (χ0) is 13.1. The third kappa shape index (κ3) is 2.91. The Balaban J connectivity index is 2.01. The number of ether oxygens (including phenoxy) is 2. The maximum atomic E-state index is 6.08. The quantitative estimate of drug-likeness (QED) is 0.903. The van der Waals surface area contributed by atoms with Crippen LogP contribution in [0, 0.1) is 0 Å². The lowest BCUT2D eigenvalue weighted by atomic mass is 9.85. The van der Waals surface area contributed by atoms with Gasteiger partial charge >= 0.3 is 0 Å². The molecule has 0 saturated heterocycles. The number of benzene rings is 1. The molecule has 5 heteroatoms. The summed E-state index contributed by atoms with van der Waals surface area (Å²) in [5.74, 6) is 0.658. The fraction of sp³-hybridized carbons (Fsp3) is 0.538. The second-order valence-corrected chi connectivity index (χ2v) is 5.13. The predicted octanol–water partition coefficient (Wildman–Crippen LogP) is 3.14. The van der Waals surface area contributed by atoms with E-state index in [2.05, 4.69) is 5.32 Å². The first-order chi connectivity index (χ1) is 8.65. The third-order valence-corrected chi connectivity index (χ3v) is 3.68. The molecule has 0 heterocycles. The molecule has 1 aliphatic rings. The van der Waals surface area contributed by atoms with Crippen LogP contribution in [0.4, 0.5) is 0 Å². The van der Waals surface area contributed by atoms with Gasteiger partial charge in [-0.25, -0.2) is 0 Å². The monoisotopic (exact) mass is 289 g/mol. The van der Waals surface area contributed by atoms with Crippen LogP contribution in [0.2, 0.25) is 10.0 Å². The lowest BCUT2D eigenvalue weighted by Crippen LogP contribution is -2.60. The Morgan fingerprint density at radius 2 is 2.17 bits per heavy atom. The topological polar surface area (TPSA) is 30.5 Å². The highest BCUT2D eigenvalue weighted by Gasteiger charge is 2.43. The van der Waals surface area contributed by atoms with Gasteiger partial charge in [0.2, 0.25) is 0 Å². The Kier molecular flexibility index (Phi) is 4.73. The molecule has 1 saturated carbocycles. The van der Waals surface area contributed by atoms with Crippen LogP contribution in [0.15, 0.2) is 18.2 Å². The minimum absolute atomic E-state index is 0.0427. The van der Waals surface area contributed by atoms with E-state index in [9.17, 15) is 0 Å². The molecule has 3 atom stereocenters. The summed E-state index contributed by atoms with van der Waals surface area (Å²) in [4.78, 5) is 0. The number of halogens is 2. The van der Waals surface area contributed by atoms with Gasteiger partial charge in [-0.3, -0.25) is 0 Å². The second-order valence-electron chi connectivity index (χ2n) is 4.28. The van der Waals surface area contributed by atoms with E-state index in [1.54, 1.807) is 18.2 Å². The molecule has 2 rings (SSSR count). The molecule has 3 unspecified atom stereocenters. The molecule has 1 N–H and O–H groups in total. The van der Waals surface area contributed by atoms with Crippen molar-refractivity contribution in [1.82, 2.24) is 5.32 Å². The van der Waals surface area contributed by atoms with Crippen LogP contribution in [-0.4, -0.2) is 31.9 Å². The summed E-state index contributed by atoms with van der Waals surface area (Å²) >= 11 is 11.9. The van der Waals surface area contributed by atoms with Gasteiger partial charge in [0, 0.05) is 24.1 Å². The van der Waals surface area contributed by atoms with Gasteiger partial charge in [-0.15, -0.1) is 0 Å². The Labute approximate surface area is 117 Å². The first-order valence-corrected chi connectivity index (χ1v) is 6.82. The molecule has 3 nitrogen and oxygen atoms in total. The Morgan fingerprint density at radius 1 is 1.39 bits per heavy atom.